The Balaban J connectivity index is 1.60. The average Bonchev–Trinajstić information content (AvgIpc) is 3.49. The minimum Gasteiger partial charge on any atom is -0.467 e. The number of aromatic amines is 1. The number of anilines is 1. The Morgan fingerprint density at radius 1 is 1.22 bits per heavy atom. The topological polar surface area (TPSA) is 97.0 Å². The zero-order chi connectivity index (χ0) is 22.8. The van der Waals surface area contributed by atoms with Gasteiger partial charge in [-0.15, -0.1) is 10.2 Å². The quantitative estimate of drug-likeness (QED) is 0.397. The van der Waals surface area contributed by atoms with E-state index < -0.39 is 5.25 Å². The number of aryl methyl sites for hydroxylation is 1. The molecule has 1 atom stereocenters. The molecule has 0 spiro atoms. The number of carbonyl (C=O) groups is 2. The van der Waals surface area contributed by atoms with E-state index in [2.05, 4.69) is 20.1 Å². The van der Waals surface area contributed by atoms with E-state index in [0.29, 0.717) is 28.5 Å². The number of rotatable bonds is 8. The van der Waals surface area contributed by atoms with Crippen LogP contribution in [0.3, 0.4) is 0 Å². The van der Waals surface area contributed by atoms with Gasteiger partial charge in [0, 0.05) is 24.3 Å². The molecule has 0 aliphatic carbocycles. The summed E-state index contributed by atoms with van der Waals surface area (Å²) >= 11 is 1.38. The number of carbonyl (C=O) groups excluding carboxylic acids is 2. The maximum absolute atomic E-state index is 13.2. The molecule has 1 fully saturated rings. The standard InChI is InChI=1S/C23H29N5O3S/c1-14-19(16(3)29)15(2)24-20(14)21(30)17(4)32-23-26-25-22(27-10-6-5-7-11-27)28(23)13-18-9-8-12-31-18/h8-9,12,17,24H,5-7,10-11,13H2,1-4H3. The number of thioether (sulfide) groups is 1. The molecule has 170 valence electrons. The Morgan fingerprint density at radius 2 is 1.97 bits per heavy atom. The summed E-state index contributed by atoms with van der Waals surface area (Å²) in [5, 5.41) is 9.19. The van der Waals surface area contributed by atoms with Crippen LogP contribution in [-0.2, 0) is 6.54 Å². The molecule has 3 aromatic rings. The first-order valence-corrected chi connectivity index (χ1v) is 11.9. The predicted octanol–water partition coefficient (Wildman–Crippen LogP) is 4.42. The number of ketones is 2. The van der Waals surface area contributed by atoms with Crippen molar-refractivity contribution in [3.05, 3.63) is 46.7 Å². The maximum atomic E-state index is 13.2. The van der Waals surface area contributed by atoms with E-state index in [1.807, 2.05) is 37.5 Å². The second-order valence-corrected chi connectivity index (χ2v) is 9.61. The SMILES string of the molecule is CC(=O)c1c(C)[nH]c(C(=O)C(C)Sc2nnc(N3CCCCC3)n2Cc2ccco2)c1C. The fourth-order valence-electron chi connectivity index (χ4n) is 4.33. The van der Waals surface area contributed by atoms with Crippen molar-refractivity contribution in [3.8, 4) is 0 Å². The Bertz CT molecular complexity index is 1110. The largest absolute Gasteiger partial charge is 0.467 e. The summed E-state index contributed by atoms with van der Waals surface area (Å²) in [7, 11) is 0. The van der Waals surface area contributed by atoms with E-state index in [4.69, 9.17) is 4.42 Å². The molecule has 4 heterocycles. The first-order valence-electron chi connectivity index (χ1n) is 11.0. The van der Waals surface area contributed by atoms with E-state index in [1.165, 1.54) is 25.1 Å². The van der Waals surface area contributed by atoms with Crippen LogP contribution < -0.4 is 4.90 Å². The Kier molecular flexibility index (Phi) is 6.55. The second kappa shape index (κ2) is 9.36. The molecule has 9 heteroatoms. The van der Waals surface area contributed by atoms with Crippen molar-refractivity contribution in [3.63, 3.8) is 0 Å². The zero-order valence-electron chi connectivity index (χ0n) is 19.0. The van der Waals surface area contributed by atoms with Crippen LogP contribution in [-0.4, -0.2) is 49.7 Å². The van der Waals surface area contributed by atoms with E-state index in [9.17, 15) is 9.59 Å². The lowest BCUT2D eigenvalue weighted by molar-refractivity contribution is 0.0988. The highest BCUT2D eigenvalue weighted by atomic mass is 32.2. The molecule has 0 bridgehead atoms. The van der Waals surface area contributed by atoms with E-state index >= 15 is 0 Å². The molecular weight excluding hydrogens is 426 g/mol. The molecule has 1 aliphatic heterocycles. The van der Waals surface area contributed by atoms with Gasteiger partial charge < -0.3 is 14.3 Å². The van der Waals surface area contributed by atoms with Crippen LogP contribution >= 0.6 is 11.8 Å². The van der Waals surface area contributed by atoms with Crippen LogP contribution in [0.25, 0.3) is 0 Å². The number of hydrogen-bond acceptors (Lipinski definition) is 7. The number of nitrogens with zero attached hydrogens (tertiary/aromatic N) is 4. The minimum absolute atomic E-state index is 0.0417. The van der Waals surface area contributed by atoms with Crippen molar-refractivity contribution in [1.82, 2.24) is 19.7 Å². The Hall–Kier alpha value is -2.81. The number of H-pyrrole nitrogens is 1. The molecule has 0 radical (unpaired) electrons. The number of furan rings is 1. The van der Waals surface area contributed by atoms with Crippen LogP contribution in [0.2, 0.25) is 0 Å². The Morgan fingerprint density at radius 3 is 2.59 bits per heavy atom. The monoisotopic (exact) mass is 455 g/mol. The molecule has 1 unspecified atom stereocenters. The average molecular weight is 456 g/mol. The third-order valence-corrected chi connectivity index (χ3v) is 7.00. The van der Waals surface area contributed by atoms with Crippen LogP contribution in [0.4, 0.5) is 5.95 Å². The third kappa shape index (κ3) is 4.39. The summed E-state index contributed by atoms with van der Waals surface area (Å²) in [5.74, 6) is 1.52. The summed E-state index contributed by atoms with van der Waals surface area (Å²) < 4.78 is 7.61. The highest BCUT2D eigenvalue weighted by Gasteiger charge is 2.27. The van der Waals surface area contributed by atoms with Crippen molar-refractivity contribution in [2.24, 2.45) is 0 Å². The molecule has 0 saturated carbocycles. The second-order valence-electron chi connectivity index (χ2n) is 8.30. The van der Waals surface area contributed by atoms with Crippen molar-refractivity contribution in [1.29, 1.82) is 0 Å². The predicted molar refractivity (Wildman–Crippen MR) is 124 cm³/mol. The van der Waals surface area contributed by atoms with Crippen LogP contribution in [0, 0.1) is 13.8 Å². The van der Waals surface area contributed by atoms with Crippen LogP contribution in [0.1, 0.15) is 71.0 Å². The van der Waals surface area contributed by atoms with Gasteiger partial charge in [-0.25, -0.2) is 0 Å². The maximum Gasteiger partial charge on any atom is 0.228 e. The molecule has 1 saturated heterocycles. The molecule has 1 N–H and O–H groups in total. The molecule has 0 aromatic carbocycles. The summed E-state index contributed by atoms with van der Waals surface area (Å²) in [5.41, 5.74) is 2.52. The molecule has 0 amide bonds. The molecule has 4 rings (SSSR count). The van der Waals surface area contributed by atoms with Crippen molar-refractivity contribution in [2.45, 2.75) is 63.9 Å². The van der Waals surface area contributed by atoms with E-state index in [1.54, 1.807) is 6.26 Å². The number of aromatic nitrogens is 4. The van der Waals surface area contributed by atoms with Gasteiger partial charge in [-0.2, -0.15) is 0 Å². The van der Waals surface area contributed by atoms with Gasteiger partial charge in [-0.1, -0.05) is 11.8 Å². The summed E-state index contributed by atoms with van der Waals surface area (Å²) in [4.78, 5) is 30.6. The molecule has 1 aliphatic rings. The number of Topliss-reactive ketones (excluding diaryl/α,β-unsaturated/α-hetero) is 2. The number of nitrogens with one attached hydrogen (secondary N) is 1. The number of piperidine rings is 1. The third-order valence-electron chi connectivity index (χ3n) is 5.92. The summed E-state index contributed by atoms with van der Waals surface area (Å²) in [6, 6.07) is 3.79. The summed E-state index contributed by atoms with van der Waals surface area (Å²) in [6.45, 7) is 9.43. The molecule has 32 heavy (non-hydrogen) atoms. The van der Waals surface area contributed by atoms with Gasteiger partial charge in [0.2, 0.25) is 5.95 Å². The zero-order valence-corrected chi connectivity index (χ0v) is 19.8. The van der Waals surface area contributed by atoms with Gasteiger partial charge in [-0.3, -0.25) is 14.2 Å². The lowest BCUT2D eigenvalue weighted by Gasteiger charge is -2.27. The van der Waals surface area contributed by atoms with Crippen LogP contribution in [0.15, 0.2) is 28.0 Å². The normalized spacial score (nSPS) is 15.2. The first kappa shape index (κ1) is 22.4. The van der Waals surface area contributed by atoms with Gasteiger partial charge in [0.15, 0.2) is 16.7 Å². The fourth-order valence-corrected chi connectivity index (χ4v) is 5.23. The van der Waals surface area contributed by atoms with E-state index in [-0.39, 0.29) is 11.6 Å². The lowest BCUT2D eigenvalue weighted by Crippen LogP contribution is -2.32. The van der Waals surface area contributed by atoms with E-state index in [0.717, 1.165) is 43.3 Å². The van der Waals surface area contributed by atoms with Crippen molar-refractivity contribution >= 4 is 29.3 Å². The number of hydrogen-bond donors (Lipinski definition) is 1. The van der Waals surface area contributed by atoms with Crippen molar-refractivity contribution in [2.75, 3.05) is 18.0 Å². The molecular formula is C23H29N5O3S. The van der Waals surface area contributed by atoms with Gasteiger partial charge in [0.25, 0.3) is 0 Å². The Labute approximate surface area is 191 Å². The highest BCUT2D eigenvalue weighted by molar-refractivity contribution is 8.00. The van der Waals surface area contributed by atoms with Gasteiger partial charge in [-0.05, 0) is 64.7 Å². The highest BCUT2D eigenvalue weighted by Crippen LogP contribution is 2.30. The molecule has 8 nitrogen and oxygen atoms in total. The van der Waals surface area contributed by atoms with Crippen LogP contribution in [0.5, 0.6) is 0 Å². The van der Waals surface area contributed by atoms with Gasteiger partial charge >= 0.3 is 0 Å². The van der Waals surface area contributed by atoms with Gasteiger partial charge in [0.1, 0.15) is 5.76 Å². The molecule has 3 aromatic heterocycles. The fraction of sp³-hybridized carbons (Fsp3) is 0.478. The smallest absolute Gasteiger partial charge is 0.228 e. The van der Waals surface area contributed by atoms with Crippen molar-refractivity contribution < 1.29 is 14.0 Å². The lowest BCUT2D eigenvalue weighted by atomic mass is 10.0. The van der Waals surface area contributed by atoms with Gasteiger partial charge in [0.05, 0.1) is 23.8 Å². The minimum atomic E-state index is -0.402. The first-order chi connectivity index (χ1) is 15.4. The summed E-state index contributed by atoms with van der Waals surface area (Å²) in [6.07, 6.45) is 5.15.